The van der Waals surface area contributed by atoms with E-state index in [9.17, 15) is 4.79 Å². The van der Waals surface area contributed by atoms with Crippen molar-refractivity contribution in [1.82, 2.24) is 15.1 Å². The Kier molecular flexibility index (Phi) is 4.53. The highest BCUT2D eigenvalue weighted by Crippen LogP contribution is 2.13. The van der Waals surface area contributed by atoms with E-state index in [2.05, 4.69) is 15.7 Å². The fourth-order valence-corrected chi connectivity index (χ4v) is 2.02. The summed E-state index contributed by atoms with van der Waals surface area (Å²) < 4.78 is 1.74. The zero-order valence-electron chi connectivity index (χ0n) is 12.1. The molecule has 0 aliphatic rings. The number of carbonyl (C=O) groups is 1. The molecule has 1 heterocycles. The minimum absolute atomic E-state index is 0.116. The number of hydrogen-bond donors (Lipinski definition) is 2. The average molecular weight is 272 g/mol. The molecule has 0 saturated carbocycles. The van der Waals surface area contributed by atoms with Gasteiger partial charge >= 0.3 is 0 Å². The molecule has 2 N–H and O–H groups in total. The Hall–Kier alpha value is -2.14. The van der Waals surface area contributed by atoms with E-state index in [0.29, 0.717) is 11.4 Å². The molecular formula is C15H20N4O. The van der Waals surface area contributed by atoms with Crippen LogP contribution in [-0.2, 0) is 13.5 Å². The highest BCUT2D eigenvalue weighted by molar-refractivity contribution is 6.04. The van der Waals surface area contributed by atoms with Gasteiger partial charge in [-0.3, -0.25) is 9.48 Å². The van der Waals surface area contributed by atoms with Crippen LogP contribution in [-0.4, -0.2) is 29.3 Å². The molecule has 0 spiro atoms. The summed E-state index contributed by atoms with van der Waals surface area (Å²) in [5.41, 5.74) is 2.74. The molecule has 0 aliphatic carbocycles. The largest absolute Gasteiger partial charge is 0.319 e. The predicted octanol–water partition coefficient (Wildman–Crippen LogP) is 1.74. The molecule has 1 amide bonds. The van der Waals surface area contributed by atoms with Crippen LogP contribution in [0.2, 0.25) is 0 Å². The maximum Gasteiger partial charge on any atom is 0.257 e. The maximum absolute atomic E-state index is 12.3. The Morgan fingerprint density at radius 2 is 2.10 bits per heavy atom. The first kappa shape index (κ1) is 14.3. The maximum atomic E-state index is 12.3. The summed E-state index contributed by atoms with van der Waals surface area (Å²) in [7, 11) is 3.76. The van der Waals surface area contributed by atoms with Crippen molar-refractivity contribution in [3.05, 3.63) is 47.2 Å². The molecule has 2 aromatic rings. The van der Waals surface area contributed by atoms with Crippen LogP contribution in [0.5, 0.6) is 0 Å². The minimum atomic E-state index is -0.116. The van der Waals surface area contributed by atoms with E-state index in [1.165, 1.54) is 0 Å². The van der Waals surface area contributed by atoms with Gasteiger partial charge in [-0.05, 0) is 38.6 Å². The topological polar surface area (TPSA) is 59.0 Å². The average Bonchev–Trinajstić information content (AvgIpc) is 2.75. The van der Waals surface area contributed by atoms with Crippen molar-refractivity contribution in [3.8, 4) is 0 Å². The molecule has 1 aromatic heterocycles. The molecule has 5 heteroatoms. The number of likely N-dealkylation sites (N-methyl/N-ethyl adjacent to an activating group) is 1. The highest BCUT2D eigenvalue weighted by atomic mass is 16.1. The SMILES string of the molecule is CNCCc1ccccc1C(=O)Nc1cc(C)n(C)n1. The zero-order chi connectivity index (χ0) is 14.5. The second-order valence-electron chi connectivity index (χ2n) is 4.76. The summed E-state index contributed by atoms with van der Waals surface area (Å²) in [6, 6.07) is 9.51. The number of aryl methyl sites for hydroxylation is 2. The molecule has 0 saturated heterocycles. The van der Waals surface area contributed by atoms with Gasteiger partial charge in [-0.2, -0.15) is 5.10 Å². The molecule has 2 rings (SSSR count). The number of amides is 1. The molecule has 5 nitrogen and oxygen atoms in total. The number of nitrogens with one attached hydrogen (secondary N) is 2. The van der Waals surface area contributed by atoms with Crippen molar-refractivity contribution < 1.29 is 4.79 Å². The number of nitrogens with zero attached hydrogens (tertiary/aromatic N) is 2. The minimum Gasteiger partial charge on any atom is -0.319 e. The van der Waals surface area contributed by atoms with Crippen molar-refractivity contribution in [2.75, 3.05) is 18.9 Å². The van der Waals surface area contributed by atoms with E-state index in [-0.39, 0.29) is 5.91 Å². The molecule has 0 aliphatic heterocycles. The van der Waals surface area contributed by atoms with Gasteiger partial charge in [-0.15, -0.1) is 0 Å². The van der Waals surface area contributed by atoms with Crippen molar-refractivity contribution in [2.45, 2.75) is 13.3 Å². The van der Waals surface area contributed by atoms with E-state index in [1.54, 1.807) is 4.68 Å². The van der Waals surface area contributed by atoms with Crippen LogP contribution in [0.25, 0.3) is 0 Å². The van der Waals surface area contributed by atoms with Gasteiger partial charge < -0.3 is 10.6 Å². The van der Waals surface area contributed by atoms with Crippen molar-refractivity contribution >= 4 is 11.7 Å². The predicted molar refractivity (Wildman–Crippen MR) is 80.0 cm³/mol. The number of aromatic nitrogens is 2. The van der Waals surface area contributed by atoms with Gasteiger partial charge in [0.15, 0.2) is 5.82 Å². The second kappa shape index (κ2) is 6.34. The van der Waals surface area contributed by atoms with Crippen LogP contribution in [0.1, 0.15) is 21.6 Å². The first-order chi connectivity index (χ1) is 9.61. The first-order valence-corrected chi connectivity index (χ1v) is 6.66. The van der Waals surface area contributed by atoms with Crippen LogP contribution in [0, 0.1) is 6.92 Å². The van der Waals surface area contributed by atoms with Crippen molar-refractivity contribution in [1.29, 1.82) is 0 Å². The van der Waals surface area contributed by atoms with Gasteiger partial charge in [-0.25, -0.2) is 0 Å². The molecular weight excluding hydrogens is 252 g/mol. The van der Waals surface area contributed by atoms with E-state index < -0.39 is 0 Å². The Bertz CT molecular complexity index is 584. The van der Waals surface area contributed by atoms with E-state index in [0.717, 1.165) is 24.2 Å². The Balaban J connectivity index is 2.16. The van der Waals surface area contributed by atoms with Crippen molar-refractivity contribution in [2.24, 2.45) is 7.05 Å². The van der Waals surface area contributed by atoms with Gasteiger partial charge in [0.25, 0.3) is 5.91 Å². The highest BCUT2D eigenvalue weighted by Gasteiger charge is 2.12. The molecule has 0 radical (unpaired) electrons. The Labute approximate surface area is 119 Å². The quantitative estimate of drug-likeness (QED) is 0.871. The van der Waals surface area contributed by atoms with Crippen molar-refractivity contribution in [3.63, 3.8) is 0 Å². The normalized spacial score (nSPS) is 10.6. The lowest BCUT2D eigenvalue weighted by molar-refractivity contribution is 0.102. The molecule has 0 unspecified atom stereocenters. The lowest BCUT2D eigenvalue weighted by Gasteiger charge is -2.08. The standard InChI is InChI=1S/C15H20N4O/c1-11-10-14(18-19(11)3)17-15(20)13-7-5-4-6-12(13)8-9-16-2/h4-7,10,16H,8-9H2,1-3H3,(H,17,18,20). The Morgan fingerprint density at radius 1 is 1.35 bits per heavy atom. The fourth-order valence-electron chi connectivity index (χ4n) is 2.02. The van der Waals surface area contributed by atoms with E-state index in [4.69, 9.17) is 0 Å². The summed E-state index contributed by atoms with van der Waals surface area (Å²) in [5, 5.41) is 10.2. The monoisotopic (exact) mass is 272 g/mol. The lowest BCUT2D eigenvalue weighted by atomic mass is 10.0. The fraction of sp³-hybridized carbons (Fsp3) is 0.333. The molecule has 20 heavy (non-hydrogen) atoms. The molecule has 106 valence electrons. The number of anilines is 1. The number of benzene rings is 1. The van der Waals surface area contributed by atoms with E-state index in [1.807, 2.05) is 51.4 Å². The smallest absolute Gasteiger partial charge is 0.257 e. The summed E-state index contributed by atoms with van der Waals surface area (Å²) >= 11 is 0. The van der Waals surface area contributed by atoms with Gasteiger partial charge in [0.1, 0.15) is 0 Å². The second-order valence-corrected chi connectivity index (χ2v) is 4.76. The molecule has 1 aromatic carbocycles. The van der Waals surface area contributed by atoms with E-state index >= 15 is 0 Å². The molecule has 0 bridgehead atoms. The van der Waals surface area contributed by atoms with Crippen LogP contribution in [0.3, 0.4) is 0 Å². The molecule has 0 atom stereocenters. The van der Waals surface area contributed by atoms with Gasteiger partial charge in [0, 0.05) is 24.4 Å². The summed E-state index contributed by atoms with van der Waals surface area (Å²) in [6.07, 6.45) is 0.821. The van der Waals surface area contributed by atoms with Crippen LogP contribution >= 0.6 is 0 Å². The molecule has 0 fully saturated rings. The van der Waals surface area contributed by atoms with Gasteiger partial charge in [0.2, 0.25) is 0 Å². The lowest BCUT2D eigenvalue weighted by Crippen LogP contribution is -2.17. The third-order valence-electron chi connectivity index (χ3n) is 3.26. The Morgan fingerprint density at radius 3 is 2.75 bits per heavy atom. The number of carbonyl (C=O) groups excluding carboxylic acids is 1. The summed E-state index contributed by atoms with van der Waals surface area (Å²) in [6.45, 7) is 2.79. The third-order valence-corrected chi connectivity index (χ3v) is 3.26. The number of rotatable bonds is 5. The summed E-state index contributed by atoms with van der Waals surface area (Å²) in [5.74, 6) is 0.466. The van der Waals surface area contributed by atoms with Crippen LogP contribution < -0.4 is 10.6 Å². The van der Waals surface area contributed by atoms with Crippen LogP contribution in [0.15, 0.2) is 30.3 Å². The zero-order valence-corrected chi connectivity index (χ0v) is 12.1. The van der Waals surface area contributed by atoms with Crippen LogP contribution in [0.4, 0.5) is 5.82 Å². The van der Waals surface area contributed by atoms with Gasteiger partial charge in [0.05, 0.1) is 0 Å². The third kappa shape index (κ3) is 3.24. The number of hydrogen-bond acceptors (Lipinski definition) is 3. The van der Waals surface area contributed by atoms with Gasteiger partial charge in [-0.1, -0.05) is 18.2 Å². The first-order valence-electron chi connectivity index (χ1n) is 6.66. The summed E-state index contributed by atoms with van der Waals surface area (Å²) in [4.78, 5) is 12.3.